The minimum atomic E-state index is -3.76. The molecule has 0 saturated carbocycles. The van der Waals surface area contributed by atoms with Gasteiger partial charge in [0.15, 0.2) is 0 Å². The molecule has 7 heteroatoms. The third-order valence-corrected chi connectivity index (χ3v) is 6.67. The Hall–Kier alpha value is -2.07. The SMILES string of the molecule is COc1ccc(C2CCN(S(=O)(=O)c3cccc(Cl)c3C#N)C2)cc1. The van der Waals surface area contributed by atoms with Gasteiger partial charge in [-0.2, -0.15) is 9.57 Å². The summed E-state index contributed by atoms with van der Waals surface area (Å²) in [6.07, 6.45) is 0.730. The second kappa shape index (κ2) is 7.04. The van der Waals surface area contributed by atoms with Gasteiger partial charge in [-0.25, -0.2) is 8.42 Å². The second-order valence-corrected chi connectivity index (χ2v) is 8.16. The Kier molecular flexibility index (Phi) is 5.00. The zero-order valence-electron chi connectivity index (χ0n) is 13.6. The Morgan fingerprint density at radius 3 is 2.60 bits per heavy atom. The molecule has 1 saturated heterocycles. The number of ether oxygens (including phenoxy) is 1. The van der Waals surface area contributed by atoms with Gasteiger partial charge >= 0.3 is 0 Å². The molecule has 0 amide bonds. The highest BCUT2D eigenvalue weighted by Crippen LogP contribution is 2.33. The number of nitriles is 1. The number of sulfonamides is 1. The quantitative estimate of drug-likeness (QED) is 0.819. The van der Waals surface area contributed by atoms with Crippen molar-refractivity contribution < 1.29 is 13.2 Å². The van der Waals surface area contributed by atoms with Gasteiger partial charge in [-0.3, -0.25) is 0 Å². The van der Waals surface area contributed by atoms with Crippen molar-refractivity contribution in [3.8, 4) is 11.8 Å². The van der Waals surface area contributed by atoms with Gasteiger partial charge in [0.1, 0.15) is 16.7 Å². The summed E-state index contributed by atoms with van der Waals surface area (Å²) in [5.41, 5.74) is 1.07. The molecule has 1 unspecified atom stereocenters. The Morgan fingerprint density at radius 1 is 1.24 bits per heavy atom. The van der Waals surface area contributed by atoms with Crippen LogP contribution in [-0.2, 0) is 10.0 Å². The number of hydrogen-bond donors (Lipinski definition) is 0. The Morgan fingerprint density at radius 2 is 1.96 bits per heavy atom. The van der Waals surface area contributed by atoms with E-state index in [1.165, 1.54) is 16.4 Å². The van der Waals surface area contributed by atoms with E-state index in [-0.39, 0.29) is 21.4 Å². The molecule has 1 aliphatic heterocycles. The Balaban J connectivity index is 1.86. The molecule has 1 atom stereocenters. The first-order valence-electron chi connectivity index (χ1n) is 7.80. The van der Waals surface area contributed by atoms with Crippen LogP contribution >= 0.6 is 11.6 Å². The van der Waals surface area contributed by atoms with Gasteiger partial charge in [-0.1, -0.05) is 29.8 Å². The van der Waals surface area contributed by atoms with E-state index in [9.17, 15) is 13.7 Å². The number of benzene rings is 2. The fraction of sp³-hybridized carbons (Fsp3) is 0.278. The first-order valence-corrected chi connectivity index (χ1v) is 9.62. The van der Waals surface area contributed by atoms with Gasteiger partial charge in [-0.15, -0.1) is 0 Å². The number of rotatable bonds is 4. The molecule has 2 aromatic rings. The highest BCUT2D eigenvalue weighted by molar-refractivity contribution is 7.89. The van der Waals surface area contributed by atoms with Crippen molar-refractivity contribution in [3.05, 3.63) is 58.6 Å². The molecule has 0 spiro atoms. The van der Waals surface area contributed by atoms with Gasteiger partial charge in [0.25, 0.3) is 0 Å². The summed E-state index contributed by atoms with van der Waals surface area (Å²) >= 11 is 5.98. The van der Waals surface area contributed by atoms with E-state index in [1.54, 1.807) is 13.2 Å². The maximum absolute atomic E-state index is 12.9. The molecule has 0 aliphatic carbocycles. The molecule has 0 bridgehead atoms. The fourth-order valence-electron chi connectivity index (χ4n) is 3.06. The molecular weight excluding hydrogens is 360 g/mol. The van der Waals surface area contributed by atoms with Crippen molar-refractivity contribution in [3.63, 3.8) is 0 Å². The van der Waals surface area contributed by atoms with Crippen LogP contribution in [0.25, 0.3) is 0 Å². The van der Waals surface area contributed by atoms with Crippen LogP contribution in [0.3, 0.4) is 0 Å². The molecule has 130 valence electrons. The summed E-state index contributed by atoms with van der Waals surface area (Å²) < 4.78 is 32.5. The number of nitrogens with zero attached hydrogens (tertiary/aromatic N) is 2. The molecule has 0 radical (unpaired) electrons. The molecule has 3 rings (SSSR count). The molecule has 2 aromatic carbocycles. The fourth-order valence-corrected chi connectivity index (χ4v) is 5.00. The molecule has 25 heavy (non-hydrogen) atoms. The summed E-state index contributed by atoms with van der Waals surface area (Å²) in [4.78, 5) is -0.0297. The lowest BCUT2D eigenvalue weighted by atomic mass is 9.99. The average molecular weight is 377 g/mol. The van der Waals surface area contributed by atoms with E-state index in [4.69, 9.17) is 16.3 Å². The van der Waals surface area contributed by atoms with Crippen LogP contribution in [0.2, 0.25) is 5.02 Å². The molecular formula is C18H17ClN2O3S. The van der Waals surface area contributed by atoms with Crippen LogP contribution in [0.1, 0.15) is 23.5 Å². The van der Waals surface area contributed by atoms with Crippen molar-refractivity contribution in [2.24, 2.45) is 0 Å². The zero-order valence-corrected chi connectivity index (χ0v) is 15.2. The molecule has 5 nitrogen and oxygen atoms in total. The number of hydrogen-bond acceptors (Lipinski definition) is 4. The lowest BCUT2D eigenvalue weighted by Gasteiger charge is -2.18. The van der Waals surface area contributed by atoms with Crippen LogP contribution in [0, 0.1) is 11.3 Å². The summed E-state index contributed by atoms with van der Waals surface area (Å²) in [5, 5.41) is 9.40. The lowest BCUT2D eigenvalue weighted by molar-refractivity contribution is 0.414. The van der Waals surface area contributed by atoms with Crippen molar-refractivity contribution in [1.82, 2.24) is 4.31 Å². The van der Waals surface area contributed by atoms with Gasteiger partial charge in [0, 0.05) is 13.1 Å². The molecule has 1 heterocycles. The summed E-state index contributed by atoms with van der Waals surface area (Å²) in [7, 11) is -2.15. The smallest absolute Gasteiger partial charge is 0.244 e. The van der Waals surface area contributed by atoms with Crippen molar-refractivity contribution >= 4 is 21.6 Å². The van der Waals surface area contributed by atoms with Crippen molar-refractivity contribution in [1.29, 1.82) is 5.26 Å². The molecule has 0 aromatic heterocycles. The van der Waals surface area contributed by atoms with E-state index in [0.29, 0.717) is 13.1 Å². The highest BCUT2D eigenvalue weighted by atomic mass is 35.5. The summed E-state index contributed by atoms with van der Waals surface area (Å²) in [5.74, 6) is 0.884. The van der Waals surface area contributed by atoms with E-state index in [2.05, 4.69) is 0 Å². The maximum atomic E-state index is 12.9. The highest BCUT2D eigenvalue weighted by Gasteiger charge is 2.34. The van der Waals surface area contributed by atoms with Gasteiger partial charge in [-0.05, 0) is 42.2 Å². The lowest BCUT2D eigenvalue weighted by Crippen LogP contribution is -2.29. The van der Waals surface area contributed by atoms with E-state index in [0.717, 1.165) is 17.7 Å². The van der Waals surface area contributed by atoms with Crippen molar-refractivity contribution in [2.75, 3.05) is 20.2 Å². The average Bonchev–Trinajstić information content (AvgIpc) is 3.12. The summed E-state index contributed by atoms with van der Waals surface area (Å²) in [6, 6.07) is 14.1. The minimum Gasteiger partial charge on any atom is -0.497 e. The Bertz CT molecular complexity index is 920. The maximum Gasteiger partial charge on any atom is 0.244 e. The first-order chi connectivity index (χ1) is 12.0. The van der Waals surface area contributed by atoms with Crippen LogP contribution in [0.4, 0.5) is 0 Å². The van der Waals surface area contributed by atoms with E-state index in [1.807, 2.05) is 30.3 Å². The second-order valence-electron chi connectivity index (χ2n) is 5.85. The first kappa shape index (κ1) is 17.7. The largest absolute Gasteiger partial charge is 0.497 e. The number of halogens is 1. The monoisotopic (exact) mass is 376 g/mol. The van der Waals surface area contributed by atoms with E-state index >= 15 is 0 Å². The van der Waals surface area contributed by atoms with Crippen LogP contribution in [-0.4, -0.2) is 32.9 Å². The topological polar surface area (TPSA) is 70.4 Å². The van der Waals surface area contributed by atoms with Gasteiger partial charge < -0.3 is 4.74 Å². The normalized spacial score (nSPS) is 18.0. The standard InChI is InChI=1S/C18H17ClN2O3S/c1-24-15-7-5-13(6-8-15)14-9-10-21(12-14)25(22,23)18-4-2-3-17(19)16(18)11-20/h2-8,14H,9-10,12H2,1H3. The van der Waals surface area contributed by atoms with Crippen molar-refractivity contribution in [2.45, 2.75) is 17.2 Å². The minimum absolute atomic E-state index is 0.00272. The van der Waals surface area contributed by atoms with Gasteiger partial charge in [0.05, 0.1) is 17.7 Å². The Labute approximate surface area is 152 Å². The van der Waals surface area contributed by atoms with Crippen LogP contribution < -0.4 is 4.74 Å². The molecule has 0 N–H and O–H groups in total. The van der Waals surface area contributed by atoms with Crippen LogP contribution in [0.15, 0.2) is 47.4 Å². The predicted molar refractivity (Wildman–Crippen MR) is 95.3 cm³/mol. The van der Waals surface area contributed by atoms with Crippen LogP contribution in [0.5, 0.6) is 5.75 Å². The molecule has 1 fully saturated rings. The van der Waals surface area contributed by atoms with E-state index < -0.39 is 10.0 Å². The zero-order chi connectivity index (χ0) is 18.0. The number of methoxy groups -OCH3 is 1. The summed E-state index contributed by atoms with van der Waals surface area (Å²) in [6.45, 7) is 0.794. The van der Waals surface area contributed by atoms with Gasteiger partial charge in [0.2, 0.25) is 10.0 Å². The third-order valence-electron chi connectivity index (χ3n) is 4.44. The predicted octanol–water partition coefficient (Wildman–Crippen LogP) is 3.40. The molecule has 1 aliphatic rings. The third kappa shape index (κ3) is 3.36.